The van der Waals surface area contributed by atoms with Crippen LogP contribution in [0.1, 0.15) is 10.4 Å². The minimum atomic E-state index is -0.957. The molecule has 0 bridgehead atoms. The van der Waals surface area contributed by atoms with Crippen LogP contribution in [0.5, 0.6) is 0 Å². The van der Waals surface area contributed by atoms with Crippen molar-refractivity contribution in [1.82, 2.24) is 14.6 Å². The van der Waals surface area contributed by atoms with Gasteiger partial charge in [0.15, 0.2) is 10.8 Å². The van der Waals surface area contributed by atoms with E-state index in [2.05, 4.69) is 10.2 Å². The zero-order valence-corrected chi connectivity index (χ0v) is 8.15. The van der Waals surface area contributed by atoms with Gasteiger partial charge in [-0.3, -0.25) is 4.40 Å². The molecule has 0 fully saturated rings. The molecule has 72 valence electrons. The summed E-state index contributed by atoms with van der Waals surface area (Å²) in [6.07, 6.45) is 3.55. The van der Waals surface area contributed by atoms with Crippen molar-refractivity contribution in [3.8, 4) is 0 Å². The third-order valence-electron chi connectivity index (χ3n) is 1.81. The van der Waals surface area contributed by atoms with Gasteiger partial charge in [-0.25, -0.2) is 4.79 Å². The molecular weight excluding hydrogens is 202 g/mol. The van der Waals surface area contributed by atoms with E-state index in [1.807, 2.05) is 6.26 Å². The summed E-state index contributed by atoms with van der Waals surface area (Å²) in [6.45, 7) is 0. The van der Waals surface area contributed by atoms with E-state index in [1.165, 1.54) is 23.9 Å². The van der Waals surface area contributed by atoms with E-state index in [0.29, 0.717) is 5.65 Å². The molecule has 0 radical (unpaired) electrons. The van der Waals surface area contributed by atoms with Gasteiger partial charge < -0.3 is 5.11 Å². The van der Waals surface area contributed by atoms with Crippen molar-refractivity contribution in [3.05, 3.63) is 23.9 Å². The number of nitrogens with zero attached hydrogens (tertiary/aromatic N) is 3. The van der Waals surface area contributed by atoms with Crippen LogP contribution < -0.4 is 0 Å². The molecule has 0 aliphatic rings. The maximum Gasteiger partial charge on any atom is 0.335 e. The van der Waals surface area contributed by atoms with Crippen LogP contribution in [-0.2, 0) is 0 Å². The van der Waals surface area contributed by atoms with Crippen molar-refractivity contribution >= 4 is 23.4 Å². The highest BCUT2D eigenvalue weighted by Gasteiger charge is 2.07. The van der Waals surface area contributed by atoms with Crippen LogP contribution in [0.3, 0.4) is 0 Å². The molecule has 0 atom stereocenters. The van der Waals surface area contributed by atoms with Gasteiger partial charge >= 0.3 is 5.97 Å². The van der Waals surface area contributed by atoms with Crippen molar-refractivity contribution in [2.24, 2.45) is 0 Å². The van der Waals surface area contributed by atoms with Crippen molar-refractivity contribution in [2.75, 3.05) is 6.26 Å². The van der Waals surface area contributed by atoms with Crippen LogP contribution in [0.15, 0.2) is 23.5 Å². The lowest BCUT2D eigenvalue weighted by molar-refractivity contribution is 0.0697. The van der Waals surface area contributed by atoms with Gasteiger partial charge in [-0.15, -0.1) is 10.2 Å². The van der Waals surface area contributed by atoms with Gasteiger partial charge in [-0.05, 0) is 18.4 Å². The molecule has 6 heteroatoms. The number of fused-ring (bicyclic) bond motifs is 1. The number of carbonyl (C=O) groups is 1. The summed E-state index contributed by atoms with van der Waals surface area (Å²) in [5, 5.41) is 17.3. The number of hydrogen-bond donors (Lipinski definition) is 1. The highest BCUT2D eigenvalue weighted by molar-refractivity contribution is 7.98. The van der Waals surface area contributed by atoms with E-state index in [-0.39, 0.29) is 5.56 Å². The second kappa shape index (κ2) is 3.30. The molecule has 2 heterocycles. The Balaban J connectivity index is 2.63. The summed E-state index contributed by atoms with van der Waals surface area (Å²) in [7, 11) is 0. The molecule has 0 amide bonds. The maximum atomic E-state index is 10.7. The summed E-state index contributed by atoms with van der Waals surface area (Å²) in [4.78, 5) is 10.7. The van der Waals surface area contributed by atoms with Gasteiger partial charge in [0.25, 0.3) is 0 Å². The fraction of sp³-hybridized carbons (Fsp3) is 0.125. The Morgan fingerprint density at radius 2 is 2.36 bits per heavy atom. The third kappa shape index (κ3) is 1.33. The molecule has 0 aliphatic heterocycles. The van der Waals surface area contributed by atoms with Crippen molar-refractivity contribution in [3.63, 3.8) is 0 Å². The number of aromatic nitrogens is 3. The fourth-order valence-corrected chi connectivity index (χ4v) is 1.61. The van der Waals surface area contributed by atoms with E-state index in [4.69, 9.17) is 5.11 Å². The number of rotatable bonds is 2. The first-order valence-electron chi connectivity index (χ1n) is 3.84. The van der Waals surface area contributed by atoms with Crippen LogP contribution in [0.4, 0.5) is 0 Å². The number of aromatic carboxylic acids is 1. The molecule has 0 saturated carbocycles. The van der Waals surface area contributed by atoms with Crippen LogP contribution in [0.25, 0.3) is 5.65 Å². The van der Waals surface area contributed by atoms with Gasteiger partial charge in [0.2, 0.25) is 0 Å². The molecule has 1 N–H and O–H groups in total. The zero-order valence-electron chi connectivity index (χ0n) is 7.34. The van der Waals surface area contributed by atoms with E-state index in [9.17, 15) is 4.79 Å². The van der Waals surface area contributed by atoms with E-state index in [1.54, 1.807) is 10.6 Å². The van der Waals surface area contributed by atoms with Gasteiger partial charge in [-0.2, -0.15) is 0 Å². The molecule has 14 heavy (non-hydrogen) atoms. The largest absolute Gasteiger partial charge is 0.478 e. The summed E-state index contributed by atoms with van der Waals surface area (Å²) in [5.41, 5.74) is 0.770. The van der Waals surface area contributed by atoms with Crippen LogP contribution in [0.2, 0.25) is 0 Å². The molecule has 0 unspecified atom stereocenters. The van der Waals surface area contributed by atoms with Crippen molar-refractivity contribution in [1.29, 1.82) is 0 Å². The Kier molecular flexibility index (Phi) is 2.12. The van der Waals surface area contributed by atoms with Gasteiger partial charge in [0.05, 0.1) is 5.56 Å². The average Bonchev–Trinajstić information content (AvgIpc) is 2.59. The molecule has 2 aromatic heterocycles. The zero-order chi connectivity index (χ0) is 10.1. The minimum Gasteiger partial charge on any atom is -0.478 e. The summed E-state index contributed by atoms with van der Waals surface area (Å²) in [6, 6.07) is 3.02. The molecule has 5 nitrogen and oxygen atoms in total. The summed E-state index contributed by atoms with van der Waals surface area (Å²) < 4.78 is 1.75. The van der Waals surface area contributed by atoms with Crippen LogP contribution in [-0.4, -0.2) is 31.9 Å². The quantitative estimate of drug-likeness (QED) is 0.751. The molecule has 2 rings (SSSR count). The number of hydrogen-bond acceptors (Lipinski definition) is 4. The van der Waals surface area contributed by atoms with Crippen LogP contribution in [0, 0.1) is 0 Å². The van der Waals surface area contributed by atoms with Crippen LogP contribution >= 0.6 is 11.8 Å². The first kappa shape index (κ1) is 9.01. The number of carboxylic acid groups (broad SMARTS) is 1. The number of thioether (sulfide) groups is 1. The molecule has 0 aromatic carbocycles. The number of pyridine rings is 1. The van der Waals surface area contributed by atoms with Gasteiger partial charge in [0.1, 0.15) is 0 Å². The smallest absolute Gasteiger partial charge is 0.335 e. The second-order valence-electron chi connectivity index (χ2n) is 2.64. The standard InChI is InChI=1S/C8H7N3O2S/c1-14-8-10-9-6-4-5(7(12)13)2-3-11(6)8/h2-4H,1H3,(H,12,13). The number of carboxylic acids is 1. The predicted octanol–water partition coefficient (Wildman–Crippen LogP) is 1.15. The Labute approximate surface area is 83.8 Å². The van der Waals surface area contributed by atoms with Crippen molar-refractivity contribution in [2.45, 2.75) is 5.16 Å². The topological polar surface area (TPSA) is 67.5 Å². The van der Waals surface area contributed by atoms with E-state index in [0.717, 1.165) is 5.16 Å². The molecule has 0 saturated heterocycles. The Morgan fingerprint density at radius 3 is 3.00 bits per heavy atom. The lowest BCUT2D eigenvalue weighted by atomic mass is 10.3. The average molecular weight is 209 g/mol. The highest BCUT2D eigenvalue weighted by Crippen LogP contribution is 2.14. The first-order chi connectivity index (χ1) is 6.72. The highest BCUT2D eigenvalue weighted by atomic mass is 32.2. The molecular formula is C8H7N3O2S. The Morgan fingerprint density at radius 1 is 1.57 bits per heavy atom. The second-order valence-corrected chi connectivity index (χ2v) is 3.41. The van der Waals surface area contributed by atoms with Gasteiger partial charge in [0, 0.05) is 6.20 Å². The predicted molar refractivity (Wildman–Crippen MR) is 51.7 cm³/mol. The molecule has 0 aliphatic carbocycles. The maximum absolute atomic E-state index is 10.7. The lowest BCUT2D eigenvalue weighted by Crippen LogP contribution is -1.97. The summed E-state index contributed by atoms with van der Waals surface area (Å²) in [5.74, 6) is -0.957. The third-order valence-corrected chi connectivity index (χ3v) is 2.45. The molecule has 2 aromatic rings. The van der Waals surface area contributed by atoms with E-state index >= 15 is 0 Å². The Hall–Kier alpha value is -1.56. The minimum absolute atomic E-state index is 0.220. The normalized spacial score (nSPS) is 10.6. The van der Waals surface area contributed by atoms with E-state index < -0.39 is 5.97 Å². The first-order valence-corrected chi connectivity index (χ1v) is 5.07. The van der Waals surface area contributed by atoms with Crippen molar-refractivity contribution < 1.29 is 9.90 Å². The monoisotopic (exact) mass is 209 g/mol. The fourth-order valence-electron chi connectivity index (χ4n) is 1.14. The molecule has 0 spiro atoms. The summed E-state index contributed by atoms with van der Waals surface area (Å²) >= 11 is 1.46. The lowest BCUT2D eigenvalue weighted by Gasteiger charge is -1.96. The Bertz CT molecular complexity index is 494. The SMILES string of the molecule is CSc1nnc2cc(C(=O)O)ccn12. The van der Waals surface area contributed by atoms with Gasteiger partial charge in [-0.1, -0.05) is 11.8 Å².